The Kier molecular flexibility index (Phi) is 7.39. The molecule has 2 aromatic rings. The van der Waals surface area contributed by atoms with E-state index in [1.54, 1.807) is 0 Å². The zero-order valence-corrected chi connectivity index (χ0v) is 20.1. The number of hydrogen-bond acceptors (Lipinski definition) is 6. The first kappa shape index (κ1) is 23.7. The third-order valence-corrected chi connectivity index (χ3v) is 6.86. The number of ether oxygens (including phenoxy) is 1. The summed E-state index contributed by atoms with van der Waals surface area (Å²) in [7, 11) is 0. The van der Waals surface area contributed by atoms with Crippen LogP contribution in [0.5, 0.6) is 5.75 Å². The van der Waals surface area contributed by atoms with Gasteiger partial charge in [0.25, 0.3) is 0 Å². The van der Waals surface area contributed by atoms with E-state index in [1.165, 1.54) is 11.8 Å². The smallest absolute Gasteiger partial charge is 0.234 e. The van der Waals surface area contributed by atoms with Gasteiger partial charge in [-0.25, -0.2) is 0 Å². The first-order valence-electron chi connectivity index (χ1n) is 11.4. The number of aryl methyl sites for hydroxylation is 1. The molecule has 0 saturated carbocycles. The minimum absolute atomic E-state index is 0.0547. The van der Waals surface area contributed by atoms with Crippen molar-refractivity contribution in [1.82, 2.24) is 5.32 Å². The Morgan fingerprint density at radius 3 is 2.82 bits per heavy atom. The van der Waals surface area contributed by atoms with Gasteiger partial charge >= 0.3 is 0 Å². The number of Topliss-reactive ketones (excluding diaryl/α,β-unsaturated/α-hetero) is 1. The van der Waals surface area contributed by atoms with Gasteiger partial charge in [0, 0.05) is 28.9 Å². The van der Waals surface area contributed by atoms with E-state index < -0.39 is 5.92 Å². The van der Waals surface area contributed by atoms with Crippen molar-refractivity contribution in [2.24, 2.45) is 0 Å². The third kappa shape index (κ3) is 5.02. The Balaban J connectivity index is 1.65. The zero-order valence-electron chi connectivity index (χ0n) is 19.3. The SMILES string of the molecule is CCOc1ccccc1[C@@H]1C(C#N)=C(SCC(=O)Nc2cccc(C)c2)NC2=C1C(=O)CCC2. The Hall–Kier alpha value is -3.50. The van der Waals surface area contributed by atoms with Gasteiger partial charge in [0.15, 0.2) is 5.78 Å². The molecule has 2 aromatic carbocycles. The topological polar surface area (TPSA) is 91.2 Å². The van der Waals surface area contributed by atoms with Crippen LogP contribution in [0, 0.1) is 18.3 Å². The Bertz CT molecular complexity index is 1230. The number of anilines is 1. The summed E-state index contributed by atoms with van der Waals surface area (Å²) in [5, 5.41) is 17.0. The molecule has 34 heavy (non-hydrogen) atoms. The molecule has 2 N–H and O–H groups in total. The van der Waals surface area contributed by atoms with Gasteiger partial charge in [-0.2, -0.15) is 5.26 Å². The number of benzene rings is 2. The Morgan fingerprint density at radius 2 is 2.06 bits per heavy atom. The van der Waals surface area contributed by atoms with Crippen molar-refractivity contribution in [3.05, 3.63) is 81.5 Å². The van der Waals surface area contributed by atoms with Crippen LogP contribution in [-0.2, 0) is 9.59 Å². The summed E-state index contributed by atoms with van der Waals surface area (Å²) < 4.78 is 5.85. The minimum atomic E-state index is -0.515. The maximum Gasteiger partial charge on any atom is 0.234 e. The lowest BCUT2D eigenvalue weighted by molar-refractivity contribution is -0.116. The van der Waals surface area contributed by atoms with Crippen molar-refractivity contribution in [2.75, 3.05) is 17.7 Å². The molecule has 0 aromatic heterocycles. The maximum absolute atomic E-state index is 13.0. The molecule has 0 unspecified atom stereocenters. The molecular formula is C27H27N3O3S. The minimum Gasteiger partial charge on any atom is -0.494 e. The highest BCUT2D eigenvalue weighted by molar-refractivity contribution is 8.03. The number of rotatable bonds is 7. The molecule has 1 heterocycles. The van der Waals surface area contributed by atoms with Crippen LogP contribution < -0.4 is 15.4 Å². The summed E-state index contributed by atoms with van der Waals surface area (Å²) in [5.74, 6) is 0.181. The van der Waals surface area contributed by atoms with E-state index in [0.717, 1.165) is 35.4 Å². The van der Waals surface area contributed by atoms with E-state index in [-0.39, 0.29) is 17.4 Å². The van der Waals surface area contributed by atoms with Gasteiger partial charge in [0.05, 0.1) is 34.9 Å². The van der Waals surface area contributed by atoms with Gasteiger partial charge in [-0.1, -0.05) is 42.1 Å². The number of nitrogens with zero attached hydrogens (tertiary/aromatic N) is 1. The maximum atomic E-state index is 13.0. The fourth-order valence-corrected chi connectivity index (χ4v) is 5.27. The lowest BCUT2D eigenvalue weighted by Gasteiger charge is -2.33. The summed E-state index contributed by atoms with van der Waals surface area (Å²) in [6.07, 6.45) is 1.96. The average Bonchev–Trinajstić information content (AvgIpc) is 2.82. The summed E-state index contributed by atoms with van der Waals surface area (Å²) in [6.45, 7) is 4.36. The van der Waals surface area contributed by atoms with Crippen molar-refractivity contribution >= 4 is 29.1 Å². The number of amides is 1. The quantitative estimate of drug-likeness (QED) is 0.575. The molecule has 0 spiro atoms. The van der Waals surface area contributed by atoms with E-state index >= 15 is 0 Å². The van der Waals surface area contributed by atoms with Gasteiger partial charge < -0.3 is 15.4 Å². The fourth-order valence-electron chi connectivity index (χ4n) is 4.41. The number of nitriles is 1. The van der Waals surface area contributed by atoms with Gasteiger partial charge in [-0.05, 0) is 50.5 Å². The number of dihydropyridines is 1. The van der Waals surface area contributed by atoms with Crippen LogP contribution in [0.25, 0.3) is 0 Å². The summed E-state index contributed by atoms with van der Waals surface area (Å²) >= 11 is 1.28. The molecule has 6 nitrogen and oxygen atoms in total. The predicted molar refractivity (Wildman–Crippen MR) is 134 cm³/mol. The molecule has 7 heteroatoms. The normalized spacial score (nSPS) is 17.6. The van der Waals surface area contributed by atoms with Crippen LogP contribution in [-0.4, -0.2) is 24.1 Å². The molecule has 174 valence electrons. The molecule has 1 aliphatic carbocycles. The largest absolute Gasteiger partial charge is 0.494 e. The second-order valence-corrected chi connectivity index (χ2v) is 9.24. The average molecular weight is 474 g/mol. The van der Waals surface area contributed by atoms with Gasteiger partial charge in [-0.15, -0.1) is 0 Å². The summed E-state index contributed by atoms with van der Waals surface area (Å²) in [5.41, 5.74) is 4.52. The van der Waals surface area contributed by atoms with Crippen molar-refractivity contribution < 1.29 is 14.3 Å². The molecule has 0 bridgehead atoms. The molecule has 1 amide bonds. The van der Waals surface area contributed by atoms with E-state index in [0.29, 0.717) is 35.0 Å². The van der Waals surface area contributed by atoms with E-state index in [4.69, 9.17) is 4.74 Å². The van der Waals surface area contributed by atoms with Crippen molar-refractivity contribution in [1.29, 1.82) is 5.26 Å². The number of carbonyl (C=O) groups excluding carboxylic acids is 2. The molecular weight excluding hydrogens is 446 g/mol. The third-order valence-electron chi connectivity index (χ3n) is 5.84. The molecule has 0 radical (unpaired) electrons. The first-order valence-corrected chi connectivity index (χ1v) is 12.4. The number of nitrogens with one attached hydrogen (secondary N) is 2. The van der Waals surface area contributed by atoms with Crippen LogP contribution in [0.1, 0.15) is 43.2 Å². The monoisotopic (exact) mass is 473 g/mol. The summed E-state index contributed by atoms with van der Waals surface area (Å²) in [4.78, 5) is 25.6. The Labute approximate surface area is 204 Å². The van der Waals surface area contributed by atoms with E-state index in [2.05, 4.69) is 16.7 Å². The number of hydrogen-bond donors (Lipinski definition) is 2. The number of para-hydroxylation sites is 1. The van der Waals surface area contributed by atoms with Gasteiger partial charge in [-0.3, -0.25) is 9.59 Å². The van der Waals surface area contributed by atoms with Gasteiger partial charge in [0.1, 0.15) is 5.75 Å². The summed E-state index contributed by atoms with van der Waals surface area (Å²) in [6, 6.07) is 17.5. The fraction of sp³-hybridized carbons (Fsp3) is 0.296. The van der Waals surface area contributed by atoms with Crippen molar-refractivity contribution in [3.63, 3.8) is 0 Å². The standard InChI is InChI=1S/C27H27N3O3S/c1-3-33-23-13-5-4-10-19(23)25-20(15-28)27(30-21-11-7-12-22(31)26(21)25)34-16-24(32)29-18-9-6-8-17(2)14-18/h4-6,8-10,13-14,25,30H,3,7,11-12,16H2,1-2H3,(H,29,32)/t25-/m1/s1. The molecule has 0 fully saturated rings. The molecule has 1 atom stereocenters. The highest BCUT2D eigenvalue weighted by atomic mass is 32.2. The highest BCUT2D eigenvalue weighted by Crippen LogP contribution is 2.46. The molecule has 2 aliphatic rings. The van der Waals surface area contributed by atoms with Crippen LogP contribution in [0.3, 0.4) is 0 Å². The van der Waals surface area contributed by atoms with E-state index in [9.17, 15) is 14.9 Å². The zero-order chi connectivity index (χ0) is 24.1. The number of carbonyl (C=O) groups is 2. The molecule has 0 saturated heterocycles. The van der Waals surface area contributed by atoms with Crippen LogP contribution in [0.15, 0.2) is 70.4 Å². The lowest BCUT2D eigenvalue weighted by atomic mass is 9.76. The van der Waals surface area contributed by atoms with Gasteiger partial charge in [0.2, 0.25) is 5.91 Å². The number of allylic oxidation sites excluding steroid dienone is 3. The second kappa shape index (κ2) is 10.6. The van der Waals surface area contributed by atoms with Crippen LogP contribution in [0.4, 0.5) is 5.69 Å². The van der Waals surface area contributed by atoms with Crippen molar-refractivity contribution in [2.45, 2.75) is 39.0 Å². The molecule has 1 aliphatic heterocycles. The van der Waals surface area contributed by atoms with Crippen LogP contribution >= 0.6 is 11.8 Å². The second-order valence-electron chi connectivity index (χ2n) is 8.26. The Morgan fingerprint density at radius 1 is 1.24 bits per heavy atom. The number of ketones is 1. The van der Waals surface area contributed by atoms with Crippen LogP contribution in [0.2, 0.25) is 0 Å². The lowest BCUT2D eigenvalue weighted by Crippen LogP contribution is -2.32. The highest BCUT2D eigenvalue weighted by Gasteiger charge is 2.38. The number of thioether (sulfide) groups is 1. The predicted octanol–water partition coefficient (Wildman–Crippen LogP) is 5.19. The van der Waals surface area contributed by atoms with Crippen molar-refractivity contribution in [3.8, 4) is 11.8 Å². The first-order chi connectivity index (χ1) is 16.5. The molecule has 4 rings (SSSR count). The van der Waals surface area contributed by atoms with E-state index in [1.807, 2.05) is 62.4 Å².